The van der Waals surface area contributed by atoms with Crippen LogP contribution < -0.4 is 24.8 Å². The molecular formula is C36H38Cl2Zr. The normalized spacial score (nSPS) is 12.8. The zero-order chi connectivity index (χ0) is 25.2. The van der Waals surface area contributed by atoms with Crippen molar-refractivity contribution in [3.63, 3.8) is 0 Å². The summed E-state index contributed by atoms with van der Waals surface area (Å²) < 4.78 is 0. The van der Waals surface area contributed by atoms with Crippen LogP contribution in [0.2, 0.25) is 0 Å². The molecule has 2 aliphatic rings. The summed E-state index contributed by atoms with van der Waals surface area (Å²) in [5.41, 5.74) is 18.3. The number of rotatable bonds is 3. The van der Waals surface area contributed by atoms with Gasteiger partial charge in [0.1, 0.15) is 0 Å². The Morgan fingerprint density at radius 1 is 0.487 bits per heavy atom. The van der Waals surface area contributed by atoms with Crippen LogP contribution in [0.15, 0.2) is 72.8 Å². The molecule has 0 amide bonds. The van der Waals surface area contributed by atoms with Crippen LogP contribution in [0.4, 0.5) is 0 Å². The Hall–Kier alpha value is -1.66. The van der Waals surface area contributed by atoms with E-state index in [1.54, 1.807) is 22.3 Å². The van der Waals surface area contributed by atoms with E-state index in [4.69, 9.17) is 0 Å². The van der Waals surface area contributed by atoms with Crippen LogP contribution >= 0.6 is 0 Å². The molecule has 4 aromatic carbocycles. The third-order valence-corrected chi connectivity index (χ3v) is 8.45. The molecular weight excluding hydrogens is 595 g/mol. The number of fused-ring (bicyclic) bond motifs is 6. The zero-order valence-corrected chi connectivity index (χ0v) is 28.0. The first-order valence-corrected chi connectivity index (χ1v) is 13.6. The fraction of sp³-hybridized carbons (Fsp3) is 0.333. The first-order valence-electron chi connectivity index (χ1n) is 13.6. The fourth-order valence-electron chi connectivity index (χ4n) is 6.78. The molecule has 0 atom stereocenters. The van der Waals surface area contributed by atoms with Gasteiger partial charge in [-0.25, -0.2) is 0 Å². The molecule has 0 saturated heterocycles. The summed E-state index contributed by atoms with van der Waals surface area (Å²) in [7, 11) is 0. The first kappa shape index (κ1) is 31.9. The summed E-state index contributed by atoms with van der Waals surface area (Å²) in [4.78, 5) is 0. The Morgan fingerprint density at radius 3 is 1.21 bits per heavy atom. The van der Waals surface area contributed by atoms with Crippen LogP contribution in [0, 0.1) is 0 Å². The van der Waals surface area contributed by atoms with E-state index < -0.39 is 0 Å². The van der Waals surface area contributed by atoms with Crippen LogP contribution in [-0.4, -0.2) is 0 Å². The minimum atomic E-state index is 0. The van der Waals surface area contributed by atoms with Gasteiger partial charge in [0.25, 0.3) is 0 Å². The smallest absolute Gasteiger partial charge is 1.00 e. The molecule has 0 nitrogen and oxygen atoms in total. The maximum Gasteiger partial charge on any atom is 2.00 e. The summed E-state index contributed by atoms with van der Waals surface area (Å²) in [6.07, 6.45) is 4.32. The molecule has 0 fully saturated rings. The van der Waals surface area contributed by atoms with Gasteiger partial charge in [0, 0.05) is 0 Å². The topological polar surface area (TPSA) is 0 Å². The summed E-state index contributed by atoms with van der Waals surface area (Å²) in [6, 6.07) is 27.6. The number of benzene rings is 4. The van der Waals surface area contributed by atoms with Crippen molar-refractivity contribution in [2.24, 2.45) is 0 Å². The average molecular weight is 633 g/mol. The molecule has 2 aliphatic carbocycles. The van der Waals surface area contributed by atoms with E-state index in [0.29, 0.717) is 0 Å². The summed E-state index contributed by atoms with van der Waals surface area (Å²) in [5, 5.41) is 0. The molecule has 0 aliphatic heterocycles. The minimum Gasteiger partial charge on any atom is -1.00 e. The molecule has 0 bridgehead atoms. The Bertz CT molecular complexity index is 1390. The molecule has 0 N–H and O–H groups in total. The molecule has 0 radical (unpaired) electrons. The monoisotopic (exact) mass is 630 g/mol. The number of hydrogen-bond donors (Lipinski definition) is 0. The van der Waals surface area contributed by atoms with Crippen molar-refractivity contribution in [1.29, 1.82) is 0 Å². The van der Waals surface area contributed by atoms with Gasteiger partial charge in [-0.2, -0.15) is 0 Å². The first-order chi connectivity index (χ1) is 17.1. The molecule has 0 aromatic heterocycles. The van der Waals surface area contributed by atoms with Gasteiger partial charge in [-0.15, -0.1) is 0 Å². The Labute approximate surface area is 267 Å². The van der Waals surface area contributed by atoms with E-state index in [0.717, 1.165) is 25.7 Å². The van der Waals surface area contributed by atoms with E-state index >= 15 is 0 Å². The summed E-state index contributed by atoms with van der Waals surface area (Å²) in [6.45, 7) is 14.2. The van der Waals surface area contributed by atoms with Crippen LogP contribution in [0.25, 0.3) is 22.3 Å². The molecule has 6 rings (SSSR count). The predicted octanol–water partition coefficient (Wildman–Crippen LogP) is 3.21. The van der Waals surface area contributed by atoms with Crippen molar-refractivity contribution in [3.05, 3.63) is 117 Å². The van der Waals surface area contributed by atoms with E-state index in [9.17, 15) is 0 Å². The second kappa shape index (κ2) is 11.7. The van der Waals surface area contributed by atoms with E-state index in [2.05, 4.69) is 114 Å². The zero-order valence-electron chi connectivity index (χ0n) is 24.0. The van der Waals surface area contributed by atoms with Crippen molar-refractivity contribution >= 4 is 0 Å². The minimum absolute atomic E-state index is 0. The van der Waals surface area contributed by atoms with Gasteiger partial charge in [-0.3, -0.25) is 0 Å². The van der Waals surface area contributed by atoms with Gasteiger partial charge in [0.05, 0.1) is 0 Å². The Morgan fingerprint density at radius 2 is 0.846 bits per heavy atom. The van der Waals surface area contributed by atoms with E-state index in [1.807, 2.05) is 0 Å². The average Bonchev–Trinajstić information content (AvgIpc) is 3.39. The van der Waals surface area contributed by atoms with Crippen LogP contribution in [0.1, 0.15) is 86.1 Å². The second-order valence-electron chi connectivity index (χ2n) is 12.9. The summed E-state index contributed by atoms with van der Waals surface area (Å²) in [5.74, 6) is 0. The van der Waals surface area contributed by atoms with Crippen LogP contribution in [0.3, 0.4) is 0 Å². The van der Waals surface area contributed by atoms with Gasteiger partial charge in [-0.05, 0) is 103 Å². The maximum absolute atomic E-state index is 2.42. The third-order valence-electron chi connectivity index (χ3n) is 8.45. The second-order valence-corrected chi connectivity index (χ2v) is 12.9. The molecule has 39 heavy (non-hydrogen) atoms. The maximum atomic E-state index is 2.42. The van der Waals surface area contributed by atoms with Crippen molar-refractivity contribution in [2.75, 3.05) is 0 Å². The fourth-order valence-corrected chi connectivity index (χ4v) is 6.78. The SMILES string of the molecule is CC(C)(C)c1ccc2c(c1CCc1c(C(C)(C)C)ccc3c1Cc1ccccc1-3)Cc1ccccc1-2.[Cl-].[Cl-].[Zr+2]. The molecule has 0 saturated carbocycles. The molecule has 0 spiro atoms. The van der Waals surface area contributed by atoms with E-state index in [-0.39, 0.29) is 61.8 Å². The van der Waals surface area contributed by atoms with Gasteiger partial charge in [0.15, 0.2) is 0 Å². The van der Waals surface area contributed by atoms with Gasteiger partial charge in [0.2, 0.25) is 0 Å². The Kier molecular flexibility index (Phi) is 9.54. The van der Waals surface area contributed by atoms with Crippen molar-refractivity contribution in [2.45, 2.75) is 78.1 Å². The predicted molar refractivity (Wildman–Crippen MR) is 154 cm³/mol. The van der Waals surface area contributed by atoms with Crippen LogP contribution in [0.5, 0.6) is 0 Å². The Balaban J connectivity index is 0.00000140. The molecule has 0 unspecified atom stereocenters. The largest absolute Gasteiger partial charge is 2.00 e. The number of halogens is 2. The molecule has 3 heteroatoms. The van der Waals surface area contributed by atoms with Crippen molar-refractivity contribution < 1.29 is 51.0 Å². The standard InChI is InChI=1S/C36H38.2ClH.Zr/c1-35(2,3)33-19-17-27-25-13-9-7-11-23(25)21-31(27)29(33)15-16-30-32-22-24-12-8-10-14-26(24)28(32)18-20-34(30)36(4,5)6;;;/h7-14,17-20H,15-16,21-22H2,1-6H3;2*1H;/q;;;+2/p-2. The quantitative estimate of drug-likeness (QED) is 0.281. The molecule has 0 heterocycles. The van der Waals surface area contributed by atoms with E-state index in [1.165, 1.54) is 44.5 Å². The third kappa shape index (κ3) is 5.62. The van der Waals surface area contributed by atoms with Gasteiger partial charge in [-0.1, -0.05) is 114 Å². The molecule has 200 valence electrons. The van der Waals surface area contributed by atoms with Crippen molar-refractivity contribution in [1.82, 2.24) is 0 Å². The van der Waals surface area contributed by atoms with Gasteiger partial charge < -0.3 is 24.8 Å². The van der Waals surface area contributed by atoms with Crippen LogP contribution in [-0.2, 0) is 62.7 Å². The van der Waals surface area contributed by atoms with Crippen molar-refractivity contribution in [3.8, 4) is 22.3 Å². The number of hydrogen-bond acceptors (Lipinski definition) is 0. The molecule has 4 aromatic rings. The summed E-state index contributed by atoms with van der Waals surface area (Å²) >= 11 is 0. The van der Waals surface area contributed by atoms with Gasteiger partial charge >= 0.3 is 26.2 Å².